The molecule has 1 fully saturated rings. The van der Waals surface area contributed by atoms with Gasteiger partial charge in [-0.15, -0.1) is 10.2 Å². The van der Waals surface area contributed by atoms with Crippen molar-refractivity contribution in [2.45, 2.75) is 32.2 Å². The Balaban J connectivity index is 1.33. The first kappa shape index (κ1) is 19.5. The van der Waals surface area contributed by atoms with Crippen molar-refractivity contribution in [3.05, 3.63) is 39.3 Å². The van der Waals surface area contributed by atoms with Crippen molar-refractivity contribution in [2.24, 2.45) is 5.92 Å². The van der Waals surface area contributed by atoms with Crippen molar-refractivity contribution in [1.29, 1.82) is 0 Å². The Morgan fingerprint density at radius 1 is 1.36 bits per heavy atom. The van der Waals surface area contributed by atoms with E-state index in [1.807, 2.05) is 23.6 Å². The number of thiocarbonyl (C=S) groups is 1. The molecule has 7 nitrogen and oxygen atoms in total. The van der Waals surface area contributed by atoms with Gasteiger partial charge in [0.1, 0.15) is 9.33 Å². The molecule has 4 heterocycles. The molecule has 0 aromatic carbocycles. The fourth-order valence-corrected chi connectivity index (χ4v) is 5.55. The number of piperidine rings is 1. The molecule has 1 N–H and O–H groups in total. The summed E-state index contributed by atoms with van der Waals surface area (Å²) in [6, 6.07) is 5.51. The molecule has 2 aliphatic rings. The molecule has 28 heavy (non-hydrogen) atoms. The molecule has 2 atom stereocenters. The fourth-order valence-electron chi connectivity index (χ4n) is 3.87. The van der Waals surface area contributed by atoms with E-state index in [2.05, 4.69) is 20.4 Å². The van der Waals surface area contributed by atoms with Gasteiger partial charge in [0.15, 0.2) is 0 Å². The number of carbonyl (C=O) groups excluding carboxylic acids is 1. The zero-order valence-electron chi connectivity index (χ0n) is 15.5. The Kier molecular flexibility index (Phi) is 5.79. The van der Waals surface area contributed by atoms with Crippen molar-refractivity contribution in [3.8, 4) is 0 Å². The largest absolute Gasteiger partial charge is 0.356 e. The molecule has 148 valence electrons. The van der Waals surface area contributed by atoms with Gasteiger partial charge in [0.25, 0.3) is 5.56 Å². The minimum atomic E-state index is -0.125. The van der Waals surface area contributed by atoms with Crippen LogP contribution in [0, 0.1) is 5.92 Å². The highest BCUT2D eigenvalue weighted by Crippen LogP contribution is 2.36. The van der Waals surface area contributed by atoms with E-state index in [-0.39, 0.29) is 17.2 Å². The number of aromatic nitrogens is 3. The molecule has 4 rings (SSSR count). The summed E-state index contributed by atoms with van der Waals surface area (Å²) in [5, 5.41) is 12.2. The molecule has 0 unspecified atom stereocenters. The molecule has 0 spiro atoms. The summed E-state index contributed by atoms with van der Waals surface area (Å²) in [6.07, 6.45) is 1.89. The molecule has 0 aliphatic carbocycles. The molecule has 2 aliphatic heterocycles. The minimum absolute atomic E-state index is 0.0807. The van der Waals surface area contributed by atoms with Crippen LogP contribution in [0.5, 0.6) is 0 Å². The quantitative estimate of drug-likeness (QED) is 0.739. The summed E-state index contributed by atoms with van der Waals surface area (Å²) in [7, 11) is 0. The zero-order chi connectivity index (χ0) is 19.7. The lowest BCUT2D eigenvalue weighted by molar-refractivity contribution is -0.113. The van der Waals surface area contributed by atoms with E-state index >= 15 is 0 Å². The van der Waals surface area contributed by atoms with Crippen LogP contribution in [0.25, 0.3) is 0 Å². The minimum Gasteiger partial charge on any atom is -0.356 e. The number of thioether (sulfide) groups is 1. The number of fused-ring (bicyclic) bond motifs is 4. The van der Waals surface area contributed by atoms with E-state index in [1.54, 1.807) is 6.07 Å². The topological polar surface area (TPSA) is 80.1 Å². The standard InChI is InChI=1S/C18H21N5O2S3/c1-2-15-20-21-17(28-15)19-14(24)10-27-18(26)22-7-11-6-12(9-22)13-4-3-5-16(25)23(13)8-11/h3-5,11-12H,2,6-10H2,1H3,(H,19,21,24)/t11-,12+/m0/s1. The molecule has 10 heteroatoms. The molecule has 2 aromatic rings. The molecule has 2 aromatic heterocycles. The second kappa shape index (κ2) is 8.30. The number of anilines is 1. The average Bonchev–Trinajstić information content (AvgIpc) is 3.14. The molecule has 2 bridgehead atoms. The van der Waals surface area contributed by atoms with Crippen LogP contribution in [0.4, 0.5) is 5.13 Å². The Hall–Kier alpha value is -1.78. The zero-order valence-corrected chi connectivity index (χ0v) is 17.9. The van der Waals surface area contributed by atoms with Crippen molar-refractivity contribution >= 4 is 50.7 Å². The number of rotatable bonds is 4. The van der Waals surface area contributed by atoms with Crippen molar-refractivity contribution in [2.75, 3.05) is 24.2 Å². The molecule has 0 radical (unpaired) electrons. The maximum Gasteiger partial charge on any atom is 0.250 e. The molecular weight excluding hydrogens is 414 g/mol. The smallest absolute Gasteiger partial charge is 0.250 e. The average molecular weight is 436 g/mol. The Morgan fingerprint density at radius 3 is 3.00 bits per heavy atom. The first-order valence-corrected chi connectivity index (χ1v) is 11.5. The number of amides is 1. The van der Waals surface area contributed by atoms with Crippen molar-refractivity contribution in [1.82, 2.24) is 19.7 Å². The number of carbonyl (C=O) groups is 1. The van der Waals surface area contributed by atoms with E-state index in [4.69, 9.17) is 12.2 Å². The van der Waals surface area contributed by atoms with Crippen molar-refractivity contribution < 1.29 is 4.79 Å². The first-order valence-electron chi connectivity index (χ1n) is 9.27. The van der Waals surface area contributed by atoms with E-state index in [1.165, 1.54) is 23.1 Å². The third-order valence-electron chi connectivity index (χ3n) is 5.08. The number of nitrogens with one attached hydrogen (secondary N) is 1. The fraction of sp³-hybridized carbons (Fsp3) is 0.500. The highest BCUT2D eigenvalue weighted by Gasteiger charge is 2.35. The van der Waals surface area contributed by atoms with Crippen LogP contribution in [0.2, 0.25) is 0 Å². The van der Waals surface area contributed by atoms with Gasteiger partial charge < -0.3 is 9.47 Å². The molecule has 0 saturated carbocycles. The van der Waals surface area contributed by atoms with E-state index in [0.717, 1.165) is 47.5 Å². The van der Waals surface area contributed by atoms with Gasteiger partial charge in [-0.1, -0.05) is 48.3 Å². The number of hydrogen-bond acceptors (Lipinski definition) is 7. The summed E-state index contributed by atoms with van der Waals surface area (Å²) >= 11 is 8.37. The number of nitrogens with zero attached hydrogens (tertiary/aromatic N) is 4. The Labute approximate surface area is 176 Å². The lowest BCUT2D eigenvalue weighted by Crippen LogP contribution is -2.48. The predicted molar refractivity (Wildman–Crippen MR) is 116 cm³/mol. The lowest BCUT2D eigenvalue weighted by atomic mass is 9.83. The molecule has 1 saturated heterocycles. The first-order chi connectivity index (χ1) is 13.5. The monoisotopic (exact) mass is 435 g/mol. The van der Waals surface area contributed by atoms with Crippen LogP contribution in [0.15, 0.2) is 23.0 Å². The van der Waals surface area contributed by atoms with Crippen LogP contribution in [-0.4, -0.2) is 48.7 Å². The van der Waals surface area contributed by atoms with E-state index in [0.29, 0.717) is 17.0 Å². The third-order valence-corrected chi connectivity index (χ3v) is 7.59. The maximum absolute atomic E-state index is 12.2. The highest BCUT2D eigenvalue weighted by atomic mass is 32.2. The van der Waals surface area contributed by atoms with E-state index < -0.39 is 0 Å². The normalized spacial score (nSPS) is 20.5. The number of pyridine rings is 1. The van der Waals surface area contributed by atoms with Gasteiger partial charge in [-0.05, 0) is 24.8 Å². The van der Waals surface area contributed by atoms with Gasteiger partial charge in [0.05, 0.1) is 5.75 Å². The summed E-state index contributed by atoms with van der Waals surface area (Å²) in [6.45, 7) is 4.38. The van der Waals surface area contributed by atoms with Gasteiger partial charge in [0, 0.05) is 37.3 Å². The van der Waals surface area contributed by atoms with Crippen LogP contribution in [-0.2, 0) is 17.8 Å². The summed E-state index contributed by atoms with van der Waals surface area (Å²) < 4.78 is 2.65. The maximum atomic E-state index is 12.2. The molecular formula is C18H21N5O2S3. The van der Waals surface area contributed by atoms with Gasteiger partial charge in [-0.3, -0.25) is 14.9 Å². The number of likely N-dealkylation sites (tertiary alicyclic amines) is 1. The van der Waals surface area contributed by atoms with E-state index in [9.17, 15) is 9.59 Å². The summed E-state index contributed by atoms with van der Waals surface area (Å²) in [5.74, 6) is 0.845. The predicted octanol–water partition coefficient (Wildman–Crippen LogP) is 2.34. The third kappa shape index (κ3) is 4.13. The number of aryl methyl sites for hydroxylation is 1. The van der Waals surface area contributed by atoms with Crippen molar-refractivity contribution in [3.63, 3.8) is 0 Å². The highest BCUT2D eigenvalue weighted by molar-refractivity contribution is 8.23. The van der Waals surface area contributed by atoms with Crippen LogP contribution in [0.1, 0.15) is 30.0 Å². The van der Waals surface area contributed by atoms with Gasteiger partial charge >= 0.3 is 0 Å². The second-order valence-corrected chi connectivity index (χ2v) is 9.73. The summed E-state index contributed by atoms with van der Waals surface area (Å²) in [5.41, 5.74) is 1.18. The lowest BCUT2D eigenvalue weighted by Gasteiger charge is -2.43. The van der Waals surface area contributed by atoms with Crippen LogP contribution >= 0.6 is 35.3 Å². The van der Waals surface area contributed by atoms with Gasteiger partial charge in [0.2, 0.25) is 11.0 Å². The van der Waals surface area contributed by atoms with Gasteiger partial charge in [-0.2, -0.15) is 0 Å². The summed E-state index contributed by atoms with van der Waals surface area (Å²) in [4.78, 5) is 26.5. The van der Waals surface area contributed by atoms with Crippen LogP contribution in [0.3, 0.4) is 0 Å². The second-order valence-electron chi connectivity index (χ2n) is 7.06. The Morgan fingerprint density at radius 2 is 2.21 bits per heavy atom. The van der Waals surface area contributed by atoms with Crippen LogP contribution < -0.4 is 10.9 Å². The Bertz CT molecular complexity index is 957. The SMILES string of the molecule is CCc1nnc(NC(=O)CSC(=S)N2C[C@@H]3C[C@H](C2)c2cccc(=O)n2C3)s1. The number of hydrogen-bond donors (Lipinski definition) is 1. The van der Waals surface area contributed by atoms with Gasteiger partial charge in [-0.25, -0.2) is 0 Å². The molecule has 1 amide bonds.